The number of nitrogens with one attached hydrogen (secondary N) is 1. The van der Waals surface area contributed by atoms with Gasteiger partial charge >= 0.3 is 5.97 Å². The second-order valence-corrected chi connectivity index (χ2v) is 8.27. The maximum Gasteiger partial charge on any atom is 0.333 e. The summed E-state index contributed by atoms with van der Waals surface area (Å²) in [5, 5.41) is 7.44. The van der Waals surface area contributed by atoms with Crippen LogP contribution in [0.3, 0.4) is 0 Å². The normalized spacial score (nSPS) is 11.5. The number of hydrogen-bond donors (Lipinski definition) is 1. The summed E-state index contributed by atoms with van der Waals surface area (Å²) < 4.78 is 26.7. The third-order valence-electron chi connectivity index (χ3n) is 5.80. The second-order valence-electron chi connectivity index (χ2n) is 8.27. The number of esters is 1. The molecule has 0 bridgehead atoms. The lowest BCUT2D eigenvalue weighted by Crippen LogP contribution is -2.35. The lowest BCUT2D eigenvalue weighted by molar-refractivity contribution is -0.147. The predicted octanol–water partition coefficient (Wildman–Crippen LogP) is 5.04. The maximum absolute atomic E-state index is 14.7. The number of carbonyl (C=O) groups excluding carboxylic acids is 2. The number of carbonyl (C=O) groups is 2. The number of rotatable bonds is 10. The molecular formula is C29H28FN3O4. The third kappa shape index (κ3) is 6.22. The highest BCUT2D eigenvalue weighted by molar-refractivity contribution is 5.85. The quantitative estimate of drug-likeness (QED) is 0.308. The van der Waals surface area contributed by atoms with Gasteiger partial charge in [-0.25, -0.2) is 13.9 Å². The van der Waals surface area contributed by atoms with Gasteiger partial charge in [0.15, 0.2) is 6.04 Å². The zero-order chi connectivity index (χ0) is 26.2. The molecular weight excluding hydrogens is 473 g/mol. The van der Waals surface area contributed by atoms with Crippen molar-refractivity contribution >= 4 is 11.9 Å². The van der Waals surface area contributed by atoms with E-state index in [0.29, 0.717) is 34.7 Å². The average Bonchev–Trinajstić information content (AvgIpc) is 3.35. The first-order chi connectivity index (χ1) is 18.0. The monoisotopic (exact) mass is 501 g/mol. The summed E-state index contributed by atoms with van der Waals surface area (Å²) in [4.78, 5) is 25.3. The molecule has 0 saturated heterocycles. The Labute approximate surface area is 214 Å². The third-order valence-corrected chi connectivity index (χ3v) is 5.80. The summed E-state index contributed by atoms with van der Waals surface area (Å²) in [6.45, 7) is 1.92. The summed E-state index contributed by atoms with van der Waals surface area (Å²) in [5.41, 5.74) is 2.93. The first-order valence-electron chi connectivity index (χ1n) is 12.0. The van der Waals surface area contributed by atoms with Crippen molar-refractivity contribution in [2.75, 3.05) is 13.7 Å². The van der Waals surface area contributed by atoms with Crippen LogP contribution in [-0.2, 0) is 20.7 Å². The average molecular weight is 502 g/mol. The van der Waals surface area contributed by atoms with Crippen molar-refractivity contribution in [2.45, 2.75) is 25.8 Å². The van der Waals surface area contributed by atoms with E-state index in [2.05, 4.69) is 10.4 Å². The zero-order valence-corrected chi connectivity index (χ0v) is 20.7. The highest BCUT2D eigenvalue weighted by atomic mass is 19.1. The van der Waals surface area contributed by atoms with Crippen molar-refractivity contribution in [2.24, 2.45) is 0 Å². The van der Waals surface area contributed by atoms with Crippen molar-refractivity contribution in [1.29, 1.82) is 0 Å². The Hall–Kier alpha value is -4.46. The largest absolute Gasteiger partial charge is 0.497 e. The minimum absolute atomic E-state index is 0.0824. The number of halogens is 1. The molecule has 0 radical (unpaired) electrons. The summed E-state index contributed by atoms with van der Waals surface area (Å²) in [6.07, 6.45) is 0.375. The Morgan fingerprint density at radius 1 is 1.00 bits per heavy atom. The Morgan fingerprint density at radius 3 is 2.38 bits per heavy atom. The number of nitrogens with zero attached hydrogens (tertiary/aromatic N) is 2. The van der Waals surface area contributed by atoms with Crippen LogP contribution in [0.2, 0.25) is 0 Å². The molecule has 8 heteroatoms. The number of hydrogen-bond acceptors (Lipinski definition) is 5. The Morgan fingerprint density at radius 2 is 1.70 bits per heavy atom. The minimum atomic E-state index is -0.903. The molecule has 0 fully saturated rings. The molecule has 0 saturated carbocycles. The van der Waals surface area contributed by atoms with Gasteiger partial charge in [0.25, 0.3) is 0 Å². The summed E-state index contributed by atoms with van der Waals surface area (Å²) >= 11 is 0. The van der Waals surface area contributed by atoms with Crippen LogP contribution in [0.25, 0.3) is 16.9 Å². The number of methoxy groups -OCH3 is 1. The van der Waals surface area contributed by atoms with Gasteiger partial charge in [-0.15, -0.1) is 0 Å². The highest BCUT2D eigenvalue weighted by Crippen LogP contribution is 2.28. The number of amides is 1. The lowest BCUT2D eigenvalue weighted by atomic mass is 10.1. The first-order valence-corrected chi connectivity index (χ1v) is 12.0. The Bertz CT molecular complexity index is 1350. The van der Waals surface area contributed by atoms with Gasteiger partial charge in [0.05, 0.1) is 30.8 Å². The molecule has 1 aromatic heterocycles. The van der Waals surface area contributed by atoms with Gasteiger partial charge in [-0.05, 0) is 55.0 Å². The van der Waals surface area contributed by atoms with E-state index in [9.17, 15) is 14.0 Å². The molecule has 190 valence electrons. The predicted molar refractivity (Wildman–Crippen MR) is 138 cm³/mol. The molecule has 3 aromatic carbocycles. The van der Waals surface area contributed by atoms with Crippen LogP contribution in [0.15, 0.2) is 84.9 Å². The molecule has 1 unspecified atom stereocenters. The van der Waals surface area contributed by atoms with Crippen LogP contribution in [0.5, 0.6) is 5.75 Å². The molecule has 1 amide bonds. The number of benzene rings is 3. The van der Waals surface area contributed by atoms with E-state index < -0.39 is 12.0 Å². The minimum Gasteiger partial charge on any atom is -0.497 e. The molecule has 0 aliphatic rings. The van der Waals surface area contributed by atoms with E-state index in [1.807, 2.05) is 18.2 Å². The molecule has 37 heavy (non-hydrogen) atoms. The first kappa shape index (κ1) is 25.6. The fourth-order valence-corrected chi connectivity index (χ4v) is 3.96. The van der Waals surface area contributed by atoms with Crippen molar-refractivity contribution in [3.63, 3.8) is 0 Å². The molecule has 1 heterocycles. The van der Waals surface area contributed by atoms with Crippen LogP contribution in [0.1, 0.15) is 30.6 Å². The van der Waals surface area contributed by atoms with Crippen molar-refractivity contribution in [3.8, 4) is 22.7 Å². The molecule has 0 aliphatic heterocycles. The molecule has 0 aliphatic carbocycles. The summed E-state index contributed by atoms with van der Waals surface area (Å²) in [5.74, 6) is -0.530. The standard InChI is InChI=1S/C29H28FN3O4/c1-3-37-29(35)28(20-9-5-4-6-10-20)31-27(34)18-13-21-19-26(24-11-7-8-12-25(24)30)33(32-21)22-14-16-23(36-2)17-15-22/h4-12,14-17,19,28H,3,13,18H2,1-2H3,(H,31,34). The van der Waals surface area contributed by atoms with E-state index in [-0.39, 0.29) is 24.8 Å². The van der Waals surface area contributed by atoms with Crippen LogP contribution < -0.4 is 10.1 Å². The Kier molecular flexibility index (Phi) is 8.30. The smallest absolute Gasteiger partial charge is 0.333 e. The number of aryl methyl sites for hydroxylation is 1. The lowest BCUT2D eigenvalue weighted by Gasteiger charge is -2.17. The SMILES string of the molecule is CCOC(=O)C(NC(=O)CCc1cc(-c2ccccc2F)n(-c2ccc(OC)cc2)n1)c1ccccc1. The van der Waals surface area contributed by atoms with Gasteiger partial charge < -0.3 is 14.8 Å². The molecule has 4 rings (SSSR count). The zero-order valence-electron chi connectivity index (χ0n) is 20.7. The van der Waals surface area contributed by atoms with Gasteiger partial charge in [-0.1, -0.05) is 42.5 Å². The van der Waals surface area contributed by atoms with Gasteiger partial charge in [-0.2, -0.15) is 5.10 Å². The summed E-state index contributed by atoms with van der Waals surface area (Å²) in [6, 6.07) is 23.6. The Balaban J connectivity index is 1.55. The van der Waals surface area contributed by atoms with Crippen LogP contribution in [-0.4, -0.2) is 35.4 Å². The molecule has 7 nitrogen and oxygen atoms in total. The van der Waals surface area contributed by atoms with Crippen molar-refractivity contribution in [3.05, 3.63) is 102 Å². The number of ether oxygens (including phenoxy) is 2. The fourth-order valence-electron chi connectivity index (χ4n) is 3.96. The van der Waals surface area contributed by atoms with E-state index >= 15 is 0 Å². The molecule has 1 atom stereocenters. The molecule has 1 N–H and O–H groups in total. The highest BCUT2D eigenvalue weighted by Gasteiger charge is 2.24. The van der Waals surface area contributed by atoms with E-state index in [1.54, 1.807) is 79.4 Å². The molecule has 0 spiro atoms. The molecule has 4 aromatic rings. The van der Waals surface area contributed by atoms with E-state index in [0.717, 1.165) is 5.69 Å². The number of aromatic nitrogens is 2. The maximum atomic E-state index is 14.7. The topological polar surface area (TPSA) is 82.5 Å². The fraction of sp³-hybridized carbons (Fsp3) is 0.207. The van der Waals surface area contributed by atoms with E-state index in [4.69, 9.17) is 9.47 Å². The van der Waals surface area contributed by atoms with Crippen molar-refractivity contribution < 1.29 is 23.5 Å². The van der Waals surface area contributed by atoms with Gasteiger partial charge in [0.1, 0.15) is 11.6 Å². The van der Waals surface area contributed by atoms with Crippen molar-refractivity contribution in [1.82, 2.24) is 15.1 Å². The second kappa shape index (κ2) is 12.0. The summed E-state index contributed by atoms with van der Waals surface area (Å²) in [7, 11) is 1.58. The van der Waals surface area contributed by atoms with Gasteiger partial charge in [0, 0.05) is 18.4 Å². The van der Waals surface area contributed by atoms with E-state index in [1.165, 1.54) is 6.07 Å². The van der Waals surface area contributed by atoms with Crippen LogP contribution >= 0.6 is 0 Å². The van der Waals surface area contributed by atoms with Crippen LogP contribution in [0.4, 0.5) is 4.39 Å². The van der Waals surface area contributed by atoms with Crippen LogP contribution in [0, 0.1) is 5.82 Å². The van der Waals surface area contributed by atoms with Gasteiger partial charge in [0.2, 0.25) is 5.91 Å². The van der Waals surface area contributed by atoms with Gasteiger partial charge in [-0.3, -0.25) is 4.79 Å².